The van der Waals surface area contributed by atoms with Gasteiger partial charge in [-0.15, -0.1) is 0 Å². The number of aromatic nitrogens is 2. The lowest BCUT2D eigenvalue weighted by molar-refractivity contribution is 0.0951. The number of carbonyl (C=O) groups excluding carboxylic acids is 1. The number of nitrogens with one attached hydrogen (secondary N) is 2. The molecule has 4 nitrogen and oxygen atoms in total. The highest BCUT2D eigenvalue weighted by atomic mass is 32.1. The van der Waals surface area contributed by atoms with Gasteiger partial charge in [0.15, 0.2) is 0 Å². The third kappa shape index (κ3) is 2.94. The fourth-order valence-electron chi connectivity index (χ4n) is 2.63. The summed E-state index contributed by atoms with van der Waals surface area (Å²) in [6.45, 7) is 0.476. The van der Waals surface area contributed by atoms with E-state index in [0.717, 1.165) is 27.7 Å². The lowest BCUT2D eigenvalue weighted by atomic mass is 10.1. The van der Waals surface area contributed by atoms with E-state index >= 15 is 0 Å². The quantitative estimate of drug-likeness (QED) is 0.587. The van der Waals surface area contributed by atoms with Crippen molar-refractivity contribution >= 4 is 28.1 Å². The van der Waals surface area contributed by atoms with Crippen molar-refractivity contribution in [2.45, 2.75) is 6.54 Å². The van der Waals surface area contributed by atoms with E-state index in [4.69, 9.17) is 0 Å². The van der Waals surface area contributed by atoms with E-state index in [-0.39, 0.29) is 5.91 Å². The molecule has 3 heterocycles. The Bertz CT molecular complexity index is 989. The maximum atomic E-state index is 12.4. The summed E-state index contributed by atoms with van der Waals surface area (Å²) in [6.07, 6.45) is 3.65. The molecule has 0 radical (unpaired) electrons. The molecule has 0 bridgehead atoms. The number of thiophene rings is 1. The normalized spacial score (nSPS) is 10.8. The number of fused-ring (bicyclic) bond motifs is 1. The molecular formula is C19H15N3OS. The number of aromatic amines is 1. The number of rotatable bonds is 4. The van der Waals surface area contributed by atoms with Crippen LogP contribution in [-0.4, -0.2) is 15.9 Å². The number of H-pyrrole nitrogens is 1. The van der Waals surface area contributed by atoms with Crippen molar-refractivity contribution in [1.29, 1.82) is 0 Å². The average molecular weight is 333 g/mol. The van der Waals surface area contributed by atoms with Gasteiger partial charge in [0, 0.05) is 46.3 Å². The third-order valence-electron chi connectivity index (χ3n) is 3.91. The molecular weight excluding hydrogens is 318 g/mol. The minimum atomic E-state index is -0.0769. The number of carbonyl (C=O) groups is 1. The van der Waals surface area contributed by atoms with E-state index in [1.54, 1.807) is 17.5 Å². The molecule has 0 saturated heterocycles. The molecule has 1 amide bonds. The first-order chi connectivity index (χ1) is 11.8. The van der Waals surface area contributed by atoms with Gasteiger partial charge in [0.2, 0.25) is 0 Å². The maximum absolute atomic E-state index is 12.4. The molecule has 0 aliphatic carbocycles. The summed E-state index contributed by atoms with van der Waals surface area (Å²) in [5.41, 5.74) is 4.75. The van der Waals surface area contributed by atoms with Crippen molar-refractivity contribution in [1.82, 2.24) is 15.3 Å². The Labute approximate surface area is 143 Å². The van der Waals surface area contributed by atoms with Gasteiger partial charge in [-0.05, 0) is 53.4 Å². The zero-order valence-electron chi connectivity index (χ0n) is 12.8. The standard InChI is InChI=1S/C19H15N3OS/c23-19(15-1-2-17-14(10-15)4-7-20-17)22-11-13-3-6-21-18(9-13)16-5-8-24-12-16/h1-10,12,20H,11H2,(H,22,23). The summed E-state index contributed by atoms with van der Waals surface area (Å²) in [5.74, 6) is -0.0769. The molecule has 3 aromatic heterocycles. The Balaban J connectivity index is 1.48. The van der Waals surface area contributed by atoms with Gasteiger partial charge >= 0.3 is 0 Å². The van der Waals surface area contributed by atoms with Gasteiger partial charge in [-0.1, -0.05) is 0 Å². The number of hydrogen-bond donors (Lipinski definition) is 2. The molecule has 0 unspecified atom stereocenters. The maximum Gasteiger partial charge on any atom is 0.251 e. The van der Waals surface area contributed by atoms with Crippen molar-refractivity contribution in [3.05, 3.63) is 76.7 Å². The molecule has 1 aromatic carbocycles. The van der Waals surface area contributed by atoms with Gasteiger partial charge in [-0.3, -0.25) is 9.78 Å². The molecule has 0 fully saturated rings. The van der Waals surface area contributed by atoms with Crippen molar-refractivity contribution in [2.75, 3.05) is 0 Å². The van der Waals surface area contributed by atoms with Crippen LogP contribution in [0.4, 0.5) is 0 Å². The molecule has 118 valence electrons. The second-order valence-electron chi connectivity index (χ2n) is 5.52. The van der Waals surface area contributed by atoms with Crippen LogP contribution < -0.4 is 5.32 Å². The second kappa shape index (κ2) is 6.29. The molecule has 0 aliphatic rings. The van der Waals surface area contributed by atoms with Gasteiger partial charge < -0.3 is 10.3 Å². The van der Waals surface area contributed by atoms with Crippen molar-refractivity contribution in [3.8, 4) is 11.3 Å². The first-order valence-corrected chi connectivity index (χ1v) is 8.57. The summed E-state index contributed by atoms with van der Waals surface area (Å²) in [4.78, 5) is 19.9. The highest BCUT2D eigenvalue weighted by molar-refractivity contribution is 7.08. The van der Waals surface area contributed by atoms with Crippen LogP contribution in [-0.2, 0) is 6.54 Å². The third-order valence-corrected chi connectivity index (χ3v) is 4.59. The van der Waals surface area contributed by atoms with E-state index in [9.17, 15) is 4.79 Å². The van der Waals surface area contributed by atoms with E-state index in [1.807, 2.05) is 54.0 Å². The Morgan fingerprint density at radius 2 is 2.12 bits per heavy atom. The van der Waals surface area contributed by atoms with Gasteiger partial charge in [0.1, 0.15) is 0 Å². The van der Waals surface area contributed by atoms with Crippen LogP contribution in [0.1, 0.15) is 15.9 Å². The Hall–Kier alpha value is -2.92. The van der Waals surface area contributed by atoms with Crippen LogP contribution in [0.15, 0.2) is 65.6 Å². The van der Waals surface area contributed by atoms with E-state index in [0.29, 0.717) is 12.1 Å². The minimum absolute atomic E-state index is 0.0769. The summed E-state index contributed by atoms with van der Waals surface area (Å²) >= 11 is 1.65. The van der Waals surface area contributed by atoms with Crippen LogP contribution in [0, 0.1) is 0 Å². The highest BCUT2D eigenvalue weighted by Crippen LogP contribution is 2.20. The molecule has 0 spiro atoms. The van der Waals surface area contributed by atoms with Crippen molar-refractivity contribution < 1.29 is 4.79 Å². The van der Waals surface area contributed by atoms with Gasteiger partial charge in [0.05, 0.1) is 5.69 Å². The zero-order chi connectivity index (χ0) is 16.4. The van der Waals surface area contributed by atoms with E-state index in [2.05, 4.69) is 20.7 Å². The van der Waals surface area contributed by atoms with Crippen molar-refractivity contribution in [3.63, 3.8) is 0 Å². The van der Waals surface area contributed by atoms with Crippen LogP contribution >= 0.6 is 11.3 Å². The smallest absolute Gasteiger partial charge is 0.251 e. The Morgan fingerprint density at radius 1 is 1.17 bits per heavy atom. The molecule has 0 aliphatic heterocycles. The lowest BCUT2D eigenvalue weighted by Crippen LogP contribution is -2.22. The number of hydrogen-bond acceptors (Lipinski definition) is 3. The van der Waals surface area contributed by atoms with Crippen LogP contribution in [0.25, 0.3) is 22.2 Å². The zero-order valence-corrected chi connectivity index (χ0v) is 13.6. The Morgan fingerprint density at radius 3 is 3.00 bits per heavy atom. The Kier molecular flexibility index (Phi) is 3.84. The van der Waals surface area contributed by atoms with Crippen molar-refractivity contribution in [2.24, 2.45) is 0 Å². The fourth-order valence-corrected chi connectivity index (χ4v) is 3.28. The SMILES string of the molecule is O=C(NCc1ccnc(-c2ccsc2)c1)c1ccc2[nH]ccc2c1. The largest absolute Gasteiger partial charge is 0.361 e. The van der Waals surface area contributed by atoms with Gasteiger partial charge in [-0.2, -0.15) is 11.3 Å². The summed E-state index contributed by atoms with van der Waals surface area (Å²) in [6, 6.07) is 13.6. The molecule has 0 atom stereocenters. The van der Waals surface area contributed by atoms with Crippen LogP contribution in [0.5, 0.6) is 0 Å². The van der Waals surface area contributed by atoms with Gasteiger partial charge in [0.25, 0.3) is 5.91 Å². The van der Waals surface area contributed by atoms with E-state index in [1.165, 1.54) is 0 Å². The summed E-state index contributed by atoms with van der Waals surface area (Å²) in [5, 5.41) is 8.10. The minimum Gasteiger partial charge on any atom is -0.361 e. The fraction of sp³-hybridized carbons (Fsp3) is 0.0526. The topological polar surface area (TPSA) is 57.8 Å². The predicted molar refractivity (Wildman–Crippen MR) is 97.0 cm³/mol. The number of pyridine rings is 1. The summed E-state index contributed by atoms with van der Waals surface area (Å²) < 4.78 is 0. The lowest BCUT2D eigenvalue weighted by Gasteiger charge is -2.07. The van der Waals surface area contributed by atoms with E-state index < -0.39 is 0 Å². The molecule has 4 rings (SSSR count). The number of amides is 1. The molecule has 0 saturated carbocycles. The molecule has 4 aromatic rings. The molecule has 24 heavy (non-hydrogen) atoms. The van der Waals surface area contributed by atoms with Gasteiger partial charge in [-0.25, -0.2) is 0 Å². The second-order valence-corrected chi connectivity index (χ2v) is 6.30. The first-order valence-electron chi connectivity index (χ1n) is 7.62. The first kappa shape index (κ1) is 14.7. The highest BCUT2D eigenvalue weighted by Gasteiger charge is 2.07. The average Bonchev–Trinajstić information content (AvgIpc) is 3.30. The predicted octanol–water partition coefficient (Wildman–Crippen LogP) is 4.22. The molecule has 2 N–H and O–H groups in total. The monoisotopic (exact) mass is 333 g/mol. The summed E-state index contributed by atoms with van der Waals surface area (Å²) in [7, 11) is 0. The molecule has 5 heteroatoms. The van der Waals surface area contributed by atoms with Crippen LogP contribution in [0.3, 0.4) is 0 Å². The van der Waals surface area contributed by atoms with Crippen LogP contribution in [0.2, 0.25) is 0 Å². The number of benzene rings is 1. The number of nitrogens with zero attached hydrogens (tertiary/aromatic N) is 1.